The highest BCUT2D eigenvalue weighted by atomic mass is 16.4. The van der Waals surface area contributed by atoms with Crippen LogP contribution in [-0.4, -0.2) is 68.4 Å². The molecule has 0 fully saturated rings. The number of hydrogen-bond donors (Lipinski definition) is 6. The summed E-state index contributed by atoms with van der Waals surface area (Å²) in [5.74, 6) is -4.01. The lowest BCUT2D eigenvalue weighted by molar-refractivity contribution is -0.134. The van der Waals surface area contributed by atoms with Crippen molar-refractivity contribution in [2.45, 2.75) is 27.2 Å². The average Bonchev–Trinajstić information content (AvgIpc) is 2.59. The molecule has 0 aliphatic heterocycles. The topological polar surface area (TPSA) is 173 Å². The molecular weight excluding hydrogens is 360 g/mol. The van der Waals surface area contributed by atoms with Crippen molar-refractivity contribution < 1.29 is 45.0 Å². The van der Waals surface area contributed by atoms with Crippen LogP contribution in [0.15, 0.2) is 34.9 Å². The van der Waals surface area contributed by atoms with Crippen molar-refractivity contribution in [3.63, 3.8) is 0 Å². The van der Waals surface area contributed by atoms with Gasteiger partial charge in [0.1, 0.15) is 0 Å². The molecule has 152 valence electrons. The van der Waals surface area contributed by atoms with Crippen molar-refractivity contribution in [1.29, 1.82) is 0 Å². The van der Waals surface area contributed by atoms with E-state index in [1.54, 1.807) is 0 Å². The SMILES string of the molecule is CC(=CC(C=C(C)C(=O)O)(CO)C(C=C(C)C(=O)O)(CO)CCO)C(=O)O. The van der Waals surface area contributed by atoms with Gasteiger partial charge >= 0.3 is 17.9 Å². The molecule has 0 aromatic carbocycles. The first-order chi connectivity index (χ1) is 12.4. The third kappa shape index (κ3) is 5.75. The number of carboxylic acids is 3. The number of carbonyl (C=O) groups is 3. The number of rotatable bonds is 11. The van der Waals surface area contributed by atoms with E-state index in [-0.39, 0.29) is 23.1 Å². The van der Waals surface area contributed by atoms with Crippen molar-refractivity contribution >= 4 is 17.9 Å². The van der Waals surface area contributed by atoms with Crippen LogP contribution in [0.3, 0.4) is 0 Å². The Balaban J connectivity index is 7.15. The Hall–Kier alpha value is -2.49. The third-order valence-electron chi connectivity index (χ3n) is 4.48. The molecule has 6 N–H and O–H groups in total. The smallest absolute Gasteiger partial charge is 0.330 e. The molecule has 0 saturated heterocycles. The summed E-state index contributed by atoms with van der Waals surface area (Å²) in [5, 5.41) is 57.3. The van der Waals surface area contributed by atoms with Crippen molar-refractivity contribution in [1.82, 2.24) is 0 Å². The maximum atomic E-state index is 11.3. The highest BCUT2D eigenvalue weighted by Gasteiger charge is 2.47. The van der Waals surface area contributed by atoms with Gasteiger partial charge in [0.05, 0.1) is 13.2 Å². The van der Waals surface area contributed by atoms with E-state index < -0.39 is 48.6 Å². The summed E-state index contributed by atoms with van der Waals surface area (Å²) in [6.45, 7) is 1.49. The van der Waals surface area contributed by atoms with Gasteiger partial charge in [-0.2, -0.15) is 0 Å². The number of hydrogen-bond acceptors (Lipinski definition) is 6. The summed E-state index contributed by atoms with van der Waals surface area (Å²) < 4.78 is 0. The molecule has 0 bridgehead atoms. The lowest BCUT2D eigenvalue weighted by atomic mass is 9.60. The maximum absolute atomic E-state index is 11.3. The molecule has 27 heavy (non-hydrogen) atoms. The Labute approximate surface area is 156 Å². The van der Waals surface area contributed by atoms with Crippen molar-refractivity contribution in [2.24, 2.45) is 10.8 Å². The van der Waals surface area contributed by atoms with Gasteiger partial charge in [-0.05, 0) is 27.2 Å². The molecule has 9 nitrogen and oxygen atoms in total. The summed E-state index contributed by atoms with van der Waals surface area (Å²) >= 11 is 0. The molecule has 0 saturated carbocycles. The van der Waals surface area contributed by atoms with Crippen molar-refractivity contribution in [3.8, 4) is 0 Å². The molecule has 9 heteroatoms. The zero-order chi connectivity index (χ0) is 21.4. The van der Waals surface area contributed by atoms with Gasteiger partial charge in [-0.1, -0.05) is 18.2 Å². The van der Waals surface area contributed by atoms with Crippen LogP contribution in [-0.2, 0) is 14.4 Å². The third-order valence-corrected chi connectivity index (χ3v) is 4.48. The van der Waals surface area contributed by atoms with Gasteiger partial charge in [0.15, 0.2) is 0 Å². The molecule has 0 spiro atoms. The molecule has 0 amide bonds. The zero-order valence-corrected chi connectivity index (χ0v) is 15.5. The van der Waals surface area contributed by atoms with Gasteiger partial charge in [0.25, 0.3) is 0 Å². The van der Waals surface area contributed by atoms with Crippen LogP contribution in [0.4, 0.5) is 0 Å². The Morgan fingerprint density at radius 3 is 1.33 bits per heavy atom. The maximum Gasteiger partial charge on any atom is 0.330 e. The van der Waals surface area contributed by atoms with E-state index in [9.17, 15) is 45.0 Å². The summed E-state index contributed by atoms with van der Waals surface area (Å²) in [6.07, 6.45) is 2.99. The average molecular weight is 386 g/mol. The first kappa shape index (κ1) is 24.5. The van der Waals surface area contributed by atoms with Crippen LogP contribution >= 0.6 is 0 Å². The lowest BCUT2D eigenvalue weighted by Gasteiger charge is -2.44. The Kier molecular flexibility index (Phi) is 9.08. The fourth-order valence-corrected chi connectivity index (χ4v) is 2.86. The van der Waals surface area contributed by atoms with E-state index in [1.165, 1.54) is 20.8 Å². The van der Waals surface area contributed by atoms with Crippen LogP contribution in [0.1, 0.15) is 27.2 Å². The van der Waals surface area contributed by atoms with Crippen LogP contribution in [0.25, 0.3) is 0 Å². The summed E-state index contributed by atoms with van der Waals surface area (Å²) in [4.78, 5) is 33.9. The second kappa shape index (κ2) is 10.0. The largest absolute Gasteiger partial charge is 0.478 e. The van der Waals surface area contributed by atoms with Gasteiger partial charge in [-0.15, -0.1) is 0 Å². The first-order valence-corrected chi connectivity index (χ1v) is 8.02. The molecule has 0 rings (SSSR count). The predicted molar refractivity (Wildman–Crippen MR) is 94.9 cm³/mol. The fraction of sp³-hybridized carbons (Fsp3) is 0.500. The van der Waals surface area contributed by atoms with Crippen LogP contribution in [0.2, 0.25) is 0 Å². The van der Waals surface area contributed by atoms with Crippen LogP contribution < -0.4 is 0 Å². The van der Waals surface area contributed by atoms with Crippen LogP contribution in [0.5, 0.6) is 0 Å². The minimum atomic E-state index is -1.80. The number of aliphatic hydroxyl groups is 3. The summed E-state index contributed by atoms with van der Waals surface area (Å²) in [6, 6.07) is 0. The molecule has 0 aromatic rings. The first-order valence-electron chi connectivity index (χ1n) is 8.02. The molecule has 0 aliphatic rings. The van der Waals surface area contributed by atoms with Crippen molar-refractivity contribution in [2.75, 3.05) is 19.8 Å². The molecule has 1 atom stereocenters. The van der Waals surface area contributed by atoms with Crippen molar-refractivity contribution in [3.05, 3.63) is 34.9 Å². The second-order valence-corrected chi connectivity index (χ2v) is 6.38. The lowest BCUT2D eigenvalue weighted by Crippen LogP contribution is -2.46. The van der Waals surface area contributed by atoms with E-state index in [4.69, 9.17) is 0 Å². The molecule has 0 heterocycles. The van der Waals surface area contributed by atoms with Gasteiger partial charge < -0.3 is 30.6 Å². The van der Waals surface area contributed by atoms with E-state index in [0.717, 1.165) is 18.2 Å². The number of carboxylic acid groups (broad SMARTS) is 3. The van der Waals surface area contributed by atoms with E-state index in [2.05, 4.69) is 0 Å². The molecular formula is C18H26O9. The molecule has 1 unspecified atom stereocenters. The predicted octanol–water partition coefficient (Wildman–Crippen LogP) is 0.419. The van der Waals surface area contributed by atoms with Crippen LogP contribution in [0, 0.1) is 10.8 Å². The molecule has 0 aromatic heterocycles. The normalized spacial score (nSPS) is 17.8. The monoisotopic (exact) mass is 386 g/mol. The highest BCUT2D eigenvalue weighted by Crippen LogP contribution is 2.48. The fourth-order valence-electron chi connectivity index (χ4n) is 2.86. The van der Waals surface area contributed by atoms with E-state index >= 15 is 0 Å². The van der Waals surface area contributed by atoms with E-state index in [1.807, 2.05) is 0 Å². The Morgan fingerprint density at radius 1 is 0.704 bits per heavy atom. The second-order valence-electron chi connectivity index (χ2n) is 6.38. The summed E-state index contributed by atoms with van der Waals surface area (Å²) in [5.41, 5.74) is -4.21. The Bertz CT molecular complexity index is 642. The highest BCUT2D eigenvalue weighted by molar-refractivity contribution is 5.88. The molecule has 0 radical (unpaired) electrons. The van der Waals surface area contributed by atoms with Gasteiger partial charge in [-0.3, -0.25) is 0 Å². The standard InChI is InChI=1S/C18H26O9/c1-11(14(22)23)6-17(9-20,4-5-19)18(10-21,7-12(2)15(24)25)8-13(3)16(26)27/h6-8,19-21H,4-5,9-10H2,1-3H3,(H,22,23)(H,24,25)(H,26,27). The van der Waals surface area contributed by atoms with Gasteiger partial charge in [-0.25, -0.2) is 14.4 Å². The van der Waals surface area contributed by atoms with E-state index in [0.29, 0.717) is 0 Å². The van der Waals surface area contributed by atoms with Gasteiger partial charge in [0, 0.05) is 34.2 Å². The van der Waals surface area contributed by atoms with Gasteiger partial charge in [0.2, 0.25) is 0 Å². The number of aliphatic carboxylic acids is 3. The quantitative estimate of drug-likeness (QED) is 0.275. The number of aliphatic hydroxyl groups excluding tert-OH is 3. The Morgan fingerprint density at radius 2 is 1.07 bits per heavy atom. The minimum absolute atomic E-state index is 0.224. The zero-order valence-electron chi connectivity index (χ0n) is 15.5. The summed E-state index contributed by atoms with van der Waals surface area (Å²) in [7, 11) is 0. The molecule has 0 aliphatic carbocycles. The minimum Gasteiger partial charge on any atom is -0.478 e.